The van der Waals surface area contributed by atoms with E-state index < -0.39 is 0 Å². The lowest BCUT2D eigenvalue weighted by atomic mass is 9.98. The van der Waals surface area contributed by atoms with Gasteiger partial charge in [0, 0.05) is 5.92 Å². The second kappa shape index (κ2) is 9.68. The molecule has 0 aromatic rings. The summed E-state index contributed by atoms with van der Waals surface area (Å²) in [6.07, 6.45) is 3.01. The van der Waals surface area contributed by atoms with Crippen molar-refractivity contribution in [3.05, 3.63) is 0 Å². The zero-order valence-electron chi connectivity index (χ0n) is 9.34. The van der Waals surface area contributed by atoms with Gasteiger partial charge in [-0.1, -0.05) is 33.6 Å². The average molecular weight is 188 g/mol. The van der Waals surface area contributed by atoms with Gasteiger partial charge >= 0.3 is 0 Å². The largest absolute Gasteiger partial charge is 0.333 e. The van der Waals surface area contributed by atoms with Gasteiger partial charge < -0.3 is 11.5 Å². The van der Waals surface area contributed by atoms with E-state index in [9.17, 15) is 4.79 Å². The highest BCUT2D eigenvalue weighted by atomic mass is 16.1. The molecule has 0 aliphatic heterocycles. The van der Waals surface area contributed by atoms with E-state index in [4.69, 9.17) is 5.73 Å². The highest BCUT2D eigenvalue weighted by molar-refractivity contribution is 5.85. The van der Waals surface area contributed by atoms with Gasteiger partial charge in [-0.05, 0) is 13.5 Å². The van der Waals surface area contributed by atoms with Crippen molar-refractivity contribution in [3.8, 4) is 0 Å². The fourth-order valence-corrected chi connectivity index (χ4v) is 0.994. The van der Waals surface area contributed by atoms with Gasteiger partial charge in [-0.3, -0.25) is 4.79 Å². The Bertz CT molecular complexity index is 124. The van der Waals surface area contributed by atoms with E-state index in [1.54, 1.807) is 0 Å². The van der Waals surface area contributed by atoms with Crippen LogP contribution in [-0.4, -0.2) is 18.9 Å². The summed E-state index contributed by atoms with van der Waals surface area (Å²) >= 11 is 0. The van der Waals surface area contributed by atoms with Crippen molar-refractivity contribution in [2.24, 2.45) is 17.4 Å². The van der Waals surface area contributed by atoms with E-state index in [1.165, 1.54) is 7.05 Å². The van der Waals surface area contributed by atoms with Crippen LogP contribution in [0.2, 0.25) is 0 Å². The third-order valence-electron chi connectivity index (χ3n) is 1.80. The Hall–Kier alpha value is -0.410. The number of hydrogen-bond acceptors (Lipinski definition) is 3. The van der Waals surface area contributed by atoms with E-state index in [-0.39, 0.29) is 17.7 Å². The van der Waals surface area contributed by atoms with Crippen LogP contribution >= 0.6 is 0 Å². The Morgan fingerprint density at radius 2 is 1.77 bits per heavy atom. The molecule has 3 nitrogen and oxygen atoms in total. The molecule has 0 bridgehead atoms. The number of hydrogen-bond donors (Lipinski definition) is 2. The Morgan fingerprint density at radius 1 is 1.31 bits per heavy atom. The first-order chi connectivity index (χ1) is 6.09. The van der Waals surface area contributed by atoms with Gasteiger partial charge in [-0.15, -0.1) is 0 Å². The number of ketones is 1. The minimum Gasteiger partial charge on any atom is -0.333 e. The molecule has 1 unspecified atom stereocenters. The van der Waals surface area contributed by atoms with E-state index in [0.29, 0.717) is 0 Å². The van der Waals surface area contributed by atoms with Gasteiger partial charge in [0.15, 0.2) is 5.78 Å². The fraction of sp³-hybridized carbons (Fsp3) is 0.900. The minimum absolute atomic E-state index is 0.0851. The Kier molecular flexibility index (Phi) is 11.2. The first-order valence-electron chi connectivity index (χ1n) is 4.96. The van der Waals surface area contributed by atoms with Gasteiger partial charge in [0.25, 0.3) is 0 Å². The predicted molar refractivity (Wildman–Crippen MR) is 57.5 cm³/mol. The lowest BCUT2D eigenvalue weighted by Gasteiger charge is -2.11. The van der Waals surface area contributed by atoms with Crippen LogP contribution in [0, 0.1) is 5.92 Å². The molecule has 3 heteroatoms. The fourth-order valence-electron chi connectivity index (χ4n) is 0.994. The van der Waals surface area contributed by atoms with Gasteiger partial charge in [0.2, 0.25) is 0 Å². The molecule has 4 N–H and O–H groups in total. The Morgan fingerprint density at radius 3 is 2.08 bits per heavy atom. The molecule has 0 radical (unpaired) electrons. The molecule has 0 heterocycles. The van der Waals surface area contributed by atoms with Crippen LogP contribution in [0.3, 0.4) is 0 Å². The zero-order chi connectivity index (χ0) is 10.9. The lowest BCUT2D eigenvalue weighted by Crippen LogP contribution is -2.33. The summed E-state index contributed by atoms with van der Waals surface area (Å²) in [5, 5.41) is 0. The van der Waals surface area contributed by atoms with Crippen molar-refractivity contribution in [1.29, 1.82) is 0 Å². The number of Topliss-reactive ketones (excluding diaryl/α,β-unsaturated/α-hetero) is 1. The van der Waals surface area contributed by atoms with Crippen LogP contribution < -0.4 is 11.5 Å². The van der Waals surface area contributed by atoms with Crippen molar-refractivity contribution in [2.45, 2.75) is 46.1 Å². The molecule has 0 aromatic heterocycles. The molecule has 0 aliphatic rings. The first kappa shape index (κ1) is 15.1. The lowest BCUT2D eigenvalue weighted by molar-refractivity contribution is -0.123. The second-order valence-electron chi connectivity index (χ2n) is 3.31. The third-order valence-corrected chi connectivity index (χ3v) is 1.80. The highest BCUT2D eigenvalue weighted by Gasteiger charge is 2.15. The summed E-state index contributed by atoms with van der Waals surface area (Å²) in [6.45, 7) is 5.90. The van der Waals surface area contributed by atoms with Gasteiger partial charge in [0.1, 0.15) is 0 Å². The molecular weight excluding hydrogens is 164 g/mol. The maximum absolute atomic E-state index is 11.2. The van der Waals surface area contributed by atoms with Crippen molar-refractivity contribution in [1.82, 2.24) is 0 Å². The number of unbranched alkanes of at least 4 members (excludes halogenated alkanes) is 1. The molecule has 0 aliphatic carbocycles. The topological polar surface area (TPSA) is 69.1 Å². The van der Waals surface area contributed by atoms with Gasteiger partial charge in [-0.25, -0.2) is 0 Å². The molecule has 1 atom stereocenters. The van der Waals surface area contributed by atoms with Crippen LogP contribution in [0.5, 0.6) is 0 Å². The summed E-state index contributed by atoms with van der Waals surface area (Å²) in [4.78, 5) is 11.2. The van der Waals surface area contributed by atoms with Crippen LogP contribution in [0.1, 0.15) is 40.0 Å². The molecule has 80 valence electrons. The van der Waals surface area contributed by atoms with E-state index >= 15 is 0 Å². The maximum atomic E-state index is 11.2. The summed E-state index contributed by atoms with van der Waals surface area (Å²) < 4.78 is 0. The quantitative estimate of drug-likeness (QED) is 0.683. The predicted octanol–water partition coefficient (Wildman–Crippen LogP) is 1.30. The molecule has 0 fully saturated rings. The highest BCUT2D eigenvalue weighted by Crippen LogP contribution is 2.04. The van der Waals surface area contributed by atoms with Crippen LogP contribution in [-0.2, 0) is 4.79 Å². The standard InChI is InChI=1S/C9H19NO.CH5N/c1-4-5-6-8(10)9(11)7(2)3;1-2/h7-8H,4-6,10H2,1-3H3;2H2,1H3. The number of nitrogens with two attached hydrogens (primary N) is 2. The first-order valence-corrected chi connectivity index (χ1v) is 4.96. The van der Waals surface area contributed by atoms with Crippen molar-refractivity contribution in [3.63, 3.8) is 0 Å². The smallest absolute Gasteiger partial charge is 0.152 e. The maximum Gasteiger partial charge on any atom is 0.152 e. The van der Waals surface area contributed by atoms with Crippen LogP contribution in [0.4, 0.5) is 0 Å². The van der Waals surface area contributed by atoms with Crippen molar-refractivity contribution < 1.29 is 4.79 Å². The molecule has 0 saturated carbocycles. The molecule has 0 aromatic carbocycles. The second-order valence-corrected chi connectivity index (χ2v) is 3.31. The minimum atomic E-state index is -0.227. The third kappa shape index (κ3) is 7.94. The zero-order valence-corrected chi connectivity index (χ0v) is 9.34. The number of carbonyl (C=O) groups is 1. The molecule has 0 rings (SSSR count). The van der Waals surface area contributed by atoms with Crippen LogP contribution in [0.25, 0.3) is 0 Å². The summed E-state index contributed by atoms with van der Waals surface area (Å²) in [7, 11) is 1.50. The van der Waals surface area contributed by atoms with Gasteiger partial charge in [0.05, 0.1) is 6.04 Å². The SMILES string of the molecule is CCCCC(N)C(=O)C(C)C.CN. The molecule has 13 heavy (non-hydrogen) atoms. The monoisotopic (exact) mass is 188 g/mol. The molecule has 0 saturated heterocycles. The molecule has 0 spiro atoms. The van der Waals surface area contributed by atoms with E-state index in [0.717, 1.165) is 19.3 Å². The summed E-state index contributed by atoms with van der Waals surface area (Å²) in [6, 6.07) is -0.227. The number of carbonyl (C=O) groups excluding carboxylic acids is 1. The average Bonchev–Trinajstić information content (AvgIpc) is 2.16. The summed E-state index contributed by atoms with van der Waals surface area (Å²) in [5.41, 5.74) is 10.2. The molecular formula is C10H24N2O. The van der Waals surface area contributed by atoms with E-state index in [1.807, 2.05) is 13.8 Å². The Labute approximate surface area is 81.9 Å². The Balaban J connectivity index is 0. The van der Waals surface area contributed by atoms with Gasteiger partial charge in [-0.2, -0.15) is 0 Å². The van der Waals surface area contributed by atoms with Crippen LogP contribution in [0.15, 0.2) is 0 Å². The van der Waals surface area contributed by atoms with Crippen molar-refractivity contribution in [2.75, 3.05) is 7.05 Å². The number of rotatable bonds is 5. The van der Waals surface area contributed by atoms with E-state index in [2.05, 4.69) is 12.7 Å². The normalized spacial score (nSPS) is 11.9. The van der Waals surface area contributed by atoms with Crippen molar-refractivity contribution >= 4 is 5.78 Å². The summed E-state index contributed by atoms with van der Waals surface area (Å²) in [5.74, 6) is 0.278. The molecule has 0 amide bonds.